The Kier molecular flexibility index (Phi) is 3.11. The van der Waals surface area contributed by atoms with Crippen molar-refractivity contribution in [2.45, 2.75) is 64.2 Å². The highest BCUT2D eigenvalue weighted by Gasteiger charge is 2.51. The van der Waals surface area contributed by atoms with E-state index in [1.54, 1.807) is 0 Å². The molecule has 0 saturated heterocycles. The smallest absolute Gasteiger partial charge is 0.224 e. The minimum absolute atomic E-state index is 0.255. The van der Waals surface area contributed by atoms with Crippen LogP contribution in [0.2, 0.25) is 0 Å². The van der Waals surface area contributed by atoms with Crippen molar-refractivity contribution < 1.29 is 4.79 Å². The van der Waals surface area contributed by atoms with Crippen LogP contribution in [0, 0.1) is 23.2 Å². The van der Waals surface area contributed by atoms with Crippen LogP contribution in [0.1, 0.15) is 62.5 Å². The Morgan fingerprint density at radius 2 is 1.65 bits per heavy atom. The molecule has 0 spiro atoms. The third kappa shape index (κ3) is 2.51. The van der Waals surface area contributed by atoms with Gasteiger partial charge in [0.2, 0.25) is 5.91 Å². The van der Waals surface area contributed by atoms with Gasteiger partial charge in [0.05, 0.1) is 0 Å². The van der Waals surface area contributed by atoms with E-state index in [0.29, 0.717) is 5.41 Å². The zero-order valence-electron chi connectivity index (χ0n) is 13.9. The van der Waals surface area contributed by atoms with Gasteiger partial charge in [0, 0.05) is 12.1 Å². The molecule has 5 aliphatic carbocycles. The summed E-state index contributed by atoms with van der Waals surface area (Å²) in [4.78, 5) is 12.7. The van der Waals surface area contributed by atoms with Gasteiger partial charge < -0.3 is 5.32 Å². The number of amides is 1. The molecule has 6 rings (SSSR count). The second kappa shape index (κ2) is 5.09. The highest BCUT2D eigenvalue weighted by Crippen LogP contribution is 2.61. The van der Waals surface area contributed by atoms with Gasteiger partial charge in [-0.3, -0.25) is 4.79 Å². The average molecular weight is 309 g/mol. The van der Waals surface area contributed by atoms with Gasteiger partial charge in [-0.15, -0.1) is 0 Å². The summed E-state index contributed by atoms with van der Waals surface area (Å²) in [6.07, 6.45) is 12.7. The van der Waals surface area contributed by atoms with Crippen LogP contribution in [0.3, 0.4) is 0 Å². The number of carbonyl (C=O) groups is 1. The maximum Gasteiger partial charge on any atom is 0.224 e. The van der Waals surface area contributed by atoms with Crippen molar-refractivity contribution in [1.29, 1.82) is 0 Å². The van der Waals surface area contributed by atoms with Crippen molar-refractivity contribution in [2.75, 3.05) is 5.32 Å². The van der Waals surface area contributed by atoms with Crippen molar-refractivity contribution in [3.8, 4) is 0 Å². The predicted molar refractivity (Wildman–Crippen MR) is 92.3 cm³/mol. The topological polar surface area (TPSA) is 29.1 Å². The Morgan fingerprint density at radius 3 is 2.35 bits per heavy atom. The first-order chi connectivity index (χ1) is 11.2. The number of hydrogen-bond donors (Lipinski definition) is 1. The molecule has 23 heavy (non-hydrogen) atoms. The summed E-state index contributed by atoms with van der Waals surface area (Å²) in [6.45, 7) is 0. The van der Waals surface area contributed by atoms with Crippen molar-refractivity contribution >= 4 is 11.6 Å². The van der Waals surface area contributed by atoms with Crippen LogP contribution in [-0.4, -0.2) is 5.91 Å². The standard InChI is InChI=1S/C21H27NO/c23-20(22-19-5-4-17-2-1-3-18(17)9-19)13-21-10-14-6-15(11-21)8-16(7-14)12-21/h4-5,9,14-16H,1-3,6-8,10-13H2,(H,22,23). The lowest BCUT2D eigenvalue weighted by Crippen LogP contribution is -2.47. The lowest BCUT2D eigenvalue weighted by Gasteiger charge is -2.56. The van der Waals surface area contributed by atoms with Gasteiger partial charge in [-0.25, -0.2) is 0 Å². The molecule has 0 unspecified atom stereocenters. The van der Waals surface area contributed by atoms with Crippen LogP contribution in [0.4, 0.5) is 5.69 Å². The Bertz CT molecular complexity index is 612. The summed E-state index contributed by atoms with van der Waals surface area (Å²) in [5.74, 6) is 3.03. The average Bonchev–Trinajstić information content (AvgIpc) is 2.92. The van der Waals surface area contributed by atoms with E-state index in [1.807, 2.05) is 0 Å². The molecule has 0 aliphatic heterocycles. The predicted octanol–water partition coefficient (Wildman–Crippen LogP) is 4.72. The molecule has 1 N–H and O–H groups in total. The van der Waals surface area contributed by atoms with E-state index in [2.05, 4.69) is 23.5 Å². The van der Waals surface area contributed by atoms with Gasteiger partial charge in [0.1, 0.15) is 0 Å². The van der Waals surface area contributed by atoms with E-state index in [9.17, 15) is 4.79 Å². The van der Waals surface area contributed by atoms with Gasteiger partial charge in [-0.2, -0.15) is 0 Å². The van der Waals surface area contributed by atoms with Crippen LogP contribution >= 0.6 is 0 Å². The Morgan fingerprint density at radius 1 is 1.00 bits per heavy atom. The number of nitrogens with one attached hydrogen (secondary N) is 1. The highest BCUT2D eigenvalue weighted by atomic mass is 16.1. The number of fused-ring (bicyclic) bond motifs is 1. The molecule has 4 fully saturated rings. The zero-order valence-corrected chi connectivity index (χ0v) is 13.9. The molecule has 1 aromatic rings. The molecule has 0 atom stereocenters. The SMILES string of the molecule is O=C(CC12CC3CC(CC(C3)C1)C2)Nc1ccc2c(c1)CCC2. The van der Waals surface area contributed by atoms with Crippen molar-refractivity contribution in [1.82, 2.24) is 0 Å². The van der Waals surface area contributed by atoms with E-state index in [4.69, 9.17) is 0 Å². The van der Waals surface area contributed by atoms with Crippen molar-refractivity contribution in [3.63, 3.8) is 0 Å². The lowest BCUT2D eigenvalue weighted by atomic mass is 9.49. The minimum atomic E-state index is 0.255. The molecule has 5 aliphatic rings. The number of aryl methyl sites for hydroxylation is 2. The van der Waals surface area contributed by atoms with E-state index >= 15 is 0 Å². The fourth-order valence-electron chi connectivity index (χ4n) is 6.70. The molecule has 0 aromatic heterocycles. The molecule has 122 valence electrons. The molecule has 0 radical (unpaired) electrons. The second-order valence-corrected chi connectivity index (χ2v) is 8.98. The van der Waals surface area contributed by atoms with E-state index < -0.39 is 0 Å². The maximum atomic E-state index is 12.7. The zero-order chi connectivity index (χ0) is 15.4. The number of rotatable bonds is 3. The highest BCUT2D eigenvalue weighted by molar-refractivity contribution is 5.91. The number of anilines is 1. The lowest BCUT2D eigenvalue weighted by molar-refractivity contribution is -0.124. The minimum Gasteiger partial charge on any atom is -0.326 e. The summed E-state index contributed by atoms with van der Waals surface area (Å²) < 4.78 is 0. The van der Waals surface area contributed by atoms with Crippen LogP contribution in [0.15, 0.2) is 18.2 Å². The van der Waals surface area contributed by atoms with Gasteiger partial charge in [0.25, 0.3) is 0 Å². The van der Waals surface area contributed by atoms with Crippen molar-refractivity contribution in [2.24, 2.45) is 23.2 Å². The number of hydrogen-bond acceptors (Lipinski definition) is 1. The quantitative estimate of drug-likeness (QED) is 0.860. The fourth-order valence-corrected chi connectivity index (χ4v) is 6.70. The van der Waals surface area contributed by atoms with Crippen LogP contribution in [-0.2, 0) is 17.6 Å². The van der Waals surface area contributed by atoms with Crippen molar-refractivity contribution in [3.05, 3.63) is 29.3 Å². The van der Waals surface area contributed by atoms with Crippen LogP contribution in [0.5, 0.6) is 0 Å². The molecular weight excluding hydrogens is 282 g/mol. The molecule has 0 heterocycles. The summed E-state index contributed by atoms with van der Waals surface area (Å²) >= 11 is 0. The van der Waals surface area contributed by atoms with Gasteiger partial charge in [-0.1, -0.05) is 6.07 Å². The third-order valence-corrected chi connectivity index (χ3v) is 7.08. The Hall–Kier alpha value is -1.31. The van der Waals surface area contributed by atoms with Gasteiger partial charge in [-0.05, 0) is 104 Å². The molecule has 4 saturated carbocycles. The third-order valence-electron chi connectivity index (χ3n) is 7.08. The fraction of sp³-hybridized carbons (Fsp3) is 0.667. The molecule has 2 heteroatoms. The van der Waals surface area contributed by atoms with Crippen LogP contribution < -0.4 is 5.32 Å². The van der Waals surface area contributed by atoms with Crippen LogP contribution in [0.25, 0.3) is 0 Å². The number of carbonyl (C=O) groups excluding carboxylic acids is 1. The summed E-state index contributed by atoms with van der Waals surface area (Å²) in [7, 11) is 0. The Balaban J connectivity index is 1.28. The first-order valence-corrected chi connectivity index (χ1v) is 9.59. The summed E-state index contributed by atoms with van der Waals surface area (Å²) in [5.41, 5.74) is 4.28. The Labute approximate surface area is 139 Å². The van der Waals surface area contributed by atoms with E-state index in [0.717, 1.165) is 29.9 Å². The summed E-state index contributed by atoms with van der Waals surface area (Å²) in [5, 5.41) is 3.21. The first-order valence-electron chi connectivity index (χ1n) is 9.59. The molecular formula is C21H27NO. The van der Waals surface area contributed by atoms with Gasteiger partial charge >= 0.3 is 0 Å². The number of benzene rings is 1. The molecule has 4 bridgehead atoms. The van der Waals surface area contributed by atoms with Gasteiger partial charge in [0.15, 0.2) is 0 Å². The summed E-state index contributed by atoms with van der Waals surface area (Å²) in [6, 6.07) is 6.52. The normalized spacial score (nSPS) is 37.0. The van der Waals surface area contributed by atoms with E-state index in [-0.39, 0.29) is 5.91 Å². The molecule has 1 amide bonds. The second-order valence-electron chi connectivity index (χ2n) is 8.98. The maximum absolute atomic E-state index is 12.7. The van der Waals surface area contributed by atoms with E-state index in [1.165, 1.54) is 68.9 Å². The molecule has 2 nitrogen and oxygen atoms in total. The largest absolute Gasteiger partial charge is 0.326 e. The monoisotopic (exact) mass is 309 g/mol. The molecule has 1 aromatic carbocycles. The first kappa shape index (κ1) is 14.1.